The molecule has 16 heavy (non-hydrogen) atoms. The van der Waals surface area contributed by atoms with Crippen molar-refractivity contribution in [1.82, 2.24) is 14.8 Å². The highest BCUT2D eigenvalue weighted by atomic mass is 32.2. The van der Waals surface area contributed by atoms with E-state index >= 15 is 0 Å². The molecule has 0 unspecified atom stereocenters. The molecule has 1 aromatic carbocycles. The van der Waals surface area contributed by atoms with Gasteiger partial charge in [-0.3, -0.25) is 9.48 Å². The van der Waals surface area contributed by atoms with E-state index in [9.17, 15) is 4.79 Å². The van der Waals surface area contributed by atoms with E-state index in [4.69, 9.17) is 0 Å². The van der Waals surface area contributed by atoms with Crippen LogP contribution in [0.25, 0.3) is 0 Å². The zero-order chi connectivity index (χ0) is 11.4. The van der Waals surface area contributed by atoms with E-state index in [-0.39, 0.29) is 0 Å². The van der Waals surface area contributed by atoms with Crippen molar-refractivity contribution in [2.45, 2.75) is 10.6 Å². The Morgan fingerprint density at radius 1 is 1.50 bits per heavy atom. The third-order valence-corrected chi connectivity index (χ3v) is 3.16. The summed E-state index contributed by atoms with van der Waals surface area (Å²) in [6.07, 6.45) is 2.39. The first-order valence-electron chi connectivity index (χ1n) is 4.80. The first-order chi connectivity index (χ1) is 7.79. The van der Waals surface area contributed by atoms with Crippen LogP contribution >= 0.6 is 11.8 Å². The van der Waals surface area contributed by atoms with Gasteiger partial charge in [0.05, 0.1) is 5.75 Å². The van der Waals surface area contributed by atoms with Crippen LogP contribution in [0.15, 0.2) is 35.5 Å². The number of aldehydes is 1. The standard InChI is InChI=1S/C11H11N3OS/c1-14-11(12-8-13-14)7-16-10-4-2-3-9(5-10)6-15/h2-6,8H,7H2,1H3. The van der Waals surface area contributed by atoms with Crippen molar-refractivity contribution in [3.63, 3.8) is 0 Å². The predicted molar refractivity (Wildman–Crippen MR) is 62.4 cm³/mol. The van der Waals surface area contributed by atoms with Crippen molar-refractivity contribution in [2.75, 3.05) is 0 Å². The van der Waals surface area contributed by atoms with Gasteiger partial charge in [-0.05, 0) is 12.1 Å². The fourth-order valence-electron chi connectivity index (χ4n) is 1.28. The average Bonchev–Trinajstić information content (AvgIpc) is 2.72. The second-order valence-corrected chi connectivity index (χ2v) is 4.33. The predicted octanol–water partition coefficient (Wildman–Crippen LogP) is 1.92. The van der Waals surface area contributed by atoms with E-state index in [0.717, 1.165) is 22.8 Å². The van der Waals surface area contributed by atoms with E-state index in [1.807, 2.05) is 25.2 Å². The van der Waals surface area contributed by atoms with Gasteiger partial charge in [0.15, 0.2) is 0 Å². The summed E-state index contributed by atoms with van der Waals surface area (Å²) in [5.41, 5.74) is 0.697. The largest absolute Gasteiger partial charge is 0.298 e. The molecule has 4 nitrogen and oxygen atoms in total. The molecule has 0 atom stereocenters. The number of carbonyl (C=O) groups excluding carboxylic acids is 1. The molecule has 0 bridgehead atoms. The van der Waals surface area contributed by atoms with Crippen molar-refractivity contribution in [2.24, 2.45) is 7.05 Å². The number of hydrogen-bond donors (Lipinski definition) is 0. The number of aromatic nitrogens is 3. The molecule has 1 aromatic heterocycles. The van der Waals surface area contributed by atoms with Gasteiger partial charge in [-0.2, -0.15) is 5.10 Å². The molecule has 0 spiro atoms. The highest BCUT2D eigenvalue weighted by Gasteiger charge is 2.02. The van der Waals surface area contributed by atoms with Crippen LogP contribution in [-0.2, 0) is 12.8 Å². The summed E-state index contributed by atoms with van der Waals surface area (Å²) in [7, 11) is 1.87. The molecule has 0 aliphatic rings. The van der Waals surface area contributed by atoms with Crippen molar-refractivity contribution < 1.29 is 4.79 Å². The van der Waals surface area contributed by atoms with E-state index in [2.05, 4.69) is 10.1 Å². The molecule has 0 aliphatic carbocycles. The van der Waals surface area contributed by atoms with Gasteiger partial charge in [-0.25, -0.2) is 4.98 Å². The van der Waals surface area contributed by atoms with Gasteiger partial charge in [0, 0.05) is 17.5 Å². The summed E-state index contributed by atoms with van der Waals surface area (Å²) in [5.74, 6) is 1.67. The first-order valence-corrected chi connectivity index (χ1v) is 5.79. The Bertz CT molecular complexity index is 495. The number of benzene rings is 1. The first kappa shape index (κ1) is 10.9. The number of thioether (sulfide) groups is 1. The molecule has 1 heterocycles. The van der Waals surface area contributed by atoms with Crippen LogP contribution < -0.4 is 0 Å². The Kier molecular flexibility index (Phi) is 3.36. The Morgan fingerprint density at radius 3 is 3.06 bits per heavy atom. The Hall–Kier alpha value is -1.62. The highest BCUT2D eigenvalue weighted by Crippen LogP contribution is 2.21. The summed E-state index contributed by atoms with van der Waals surface area (Å²) in [5, 5.41) is 4.00. The molecule has 0 amide bonds. The minimum atomic E-state index is 0.697. The maximum Gasteiger partial charge on any atom is 0.150 e. The minimum Gasteiger partial charge on any atom is -0.298 e. The second-order valence-electron chi connectivity index (χ2n) is 3.28. The summed E-state index contributed by atoms with van der Waals surface area (Å²) in [6.45, 7) is 0. The summed E-state index contributed by atoms with van der Waals surface area (Å²) in [4.78, 5) is 15.8. The molecule has 5 heteroatoms. The summed E-state index contributed by atoms with van der Waals surface area (Å²) in [6, 6.07) is 7.52. The van der Waals surface area contributed by atoms with E-state index in [0.29, 0.717) is 5.56 Å². The molecule has 0 saturated carbocycles. The molecule has 2 rings (SSSR count). The number of carbonyl (C=O) groups is 1. The molecule has 0 fully saturated rings. The molecular formula is C11H11N3OS. The molecule has 0 N–H and O–H groups in total. The van der Waals surface area contributed by atoms with Crippen molar-refractivity contribution in [3.05, 3.63) is 42.0 Å². The van der Waals surface area contributed by atoms with Gasteiger partial charge in [0.2, 0.25) is 0 Å². The number of nitrogens with zero attached hydrogens (tertiary/aromatic N) is 3. The van der Waals surface area contributed by atoms with Gasteiger partial charge in [-0.1, -0.05) is 12.1 Å². The molecular weight excluding hydrogens is 222 g/mol. The third kappa shape index (κ3) is 2.49. The maximum atomic E-state index is 10.6. The number of hydrogen-bond acceptors (Lipinski definition) is 4. The molecule has 82 valence electrons. The second kappa shape index (κ2) is 4.94. The molecule has 0 radical (unpaired) electrons. The van der Waals surface area contributed by atoms with Crippen LogP contribution in [0.1, 0.15) is 16.2 Å². The van der Waals surface area contributed by atoms with Crippen LogP contribution in [-0.4, -0.2) is 21.1 Å². The van der Waals surface area contributed by atoms with Crippen LogP contribution in [0.4, 0.5) is 0 Å². The van der Waals surface area contributed by atoms with Crippen LogP contribution in [0.2, 0.25) is 0 Å². The Balaban J connectivity index is 2.04. The monoisotopic (exact) mass is 233 g/mol. The molecule has 0 aliphatic heterocycles. The number of rotatable bonds is 4. The normalized spacial score (nSPS) is 10.3. The lowest BCUT2D eigenvalue weighted by atomic mass is 10.2. The molecule has 0 saturated heterocycles. The van der Waals surface area contributed by atoms with Crippen LogP contribution in [0.5, 0.6) is 0 Å². The van der Waals surface area contributed by atoms with Gasteiger partial charge in [0.1, 0.15) is 18.4 Å². The van der Waals surface area contributed by atoms with Crippen LogP contribution in [0.3, 0.4) is 0 Å². The van der Waals surface area contributed by atoms with E-state index < -0.39 is 0 Å². The number of aryl methyl sites for hydroxylation is 1. The van der Waals surface area contributed by atoms with Crippen molar-refractivity contribution in [1.29, 1.82) is 0 Å². The SMILES string of the molecule is Cn1ncnc1CSc1cccc(C=O)c1. The average molecular weight is 233 g/mol. The lowest BCUT2D eigenvalue weighted by molar-refractivity contribution is 0.112. The highest BCUT2D eigenvalue weighted by molar-refractivity contribution is 7.98. The van der Waals surface area contributed by atoms with Gasteiger partial charge < -0.3 is 0 Å². The van der Waals surface area contributed by atoms with Crippen LogP contribution in [0, 0.1) is 0 Å². The van der Waals surface area contributed by atoms with Crippen molar-refractivity contribution in [3.8, 4) is 0 Å². The lowest BCUT2D eigenvalue weighted by Gasteiger charge is -2.01. The zero-order valence-electron chi connectivity index (χ0n) is 8.83. The molecule has 2 aromatic rings. The fraction of sp³-hybridized carbons (Fsp3) is 0.182. The Labute approximate surface area is 97.7 Å². The van der Waals surface area contributed by atoms with Gasteiger partial charge in [0.25, 0.3) is 0 Å². The summed E-state index contributed by atoms with van der Waals surface area (Å²) < 4.78 is 1.75. The quantitative estimate of drug-likeness (QED) is 0.598. The zero-order valence-corrected chi connectivity index (χ0v) is 9.65. The topological polar surface area (TPSA) is 47.8 Å². The minimum absolute atomic E-state index is 0.697. The Morgan fingerprint density at radius 2 is 2.38 bits per heavy atom. The smallest absolute Gasteiger partial charge is 0.150 e. The van der Waals surface area contributed by atoms with Gasteiger partial charge in [-0.15, -0.1) is 11.8 Å². The van der Waals surface area contributed by atoms with Crippen molar-refractivity contribution >= 4 is 18.0 Å². The summed E-state index contributed by atoms with van der Waals surface area (Å²) >= 11 is 1.64. The fourth-order valence-corrected chi connectivity index (χ4v) is 2.23. The van der Waals surface area contributed by atoms with Gasteiger partial charge >= 0.3 is 0 Å². The maximum absolute atomic E-state index is 10.6. The third-order valence-electron chi connectivity index (χ3n) is 2.17. The van der Waals surface area contributed by atoms with E-state index in [1.54, 1.807) is 22.5 Å². The lowest BCUT2D eigenvalue weighted by Crippen LogP contribution is -1.97. The van der Waals surface area contributed by atoms with E-state index in [1.165, 1.54) is 6.33 Å².